The molecule has 7 nitrogen and oxygen atoms in total. The van der Waals surface area contributed by atoms with Crippen molar-refractivity contribution in [2.75, 3.05) is 21.3 Å². The summed E-state index contributed by atoms with van der Waals surface area (Å²) >= 11 is 0. The standard InChI is InChI=1S/C30H35NO6/c1-7-17(2)37-30(33)27-18(3)31-22-14-20(19-12-13-25(35-5)26(16-19)36-6)15-23(32)29(22)28(27)21-10-8-9-11-24(21)34-4/h8-13,16-17,20,27-28H,7,14-15H2,1-6H3/t17-,20-,27?,28+/m1/s1. The molecule has 0 saturated carbocycles. The van der Waals surface area contributed by atoms with Gasteiger partial charge in [-0.25, -0.2) is 0 Å². The number of aliphatic imine (C=N–C) groups is 1. The molecule has 37 heavy (non-hydrogen) atoms. The van der Waals surface area contributed by atoms with Crippen molar-refractivity contribution in [2.24, 2.45) is 10.9 Å². The third-order valence-corrected chi connectivity index (χ3v) is 7.39. The van der Waals surface area contributed by atoms with Crippen molar-refractivity contribution in [1.82, 2.24) is 0 Å². The van der Waals surface area contributed by atoms with E-state index in [2.05, 4.69) is 0 Å². The molecule has 0 radical (unpaired) electrons. The van der Waals surface area contributed by atoms with Crippen LogP contribution in [-0.2, 0) is 14.3 Å². The number of Topliss-reactive ketones (excluding diaryl/α,β-unsaturated/α-hetero) is 1. The summed E-state index contributed by atoms with van der Waals surface area (Å²) in [7, 11) is 4.79. The maximum Gasteiger partial charge on any atom is 0.315 e. The molecule has 4 atom stereocenters. The van der Waals surface area contributed by atoms with Crippen LogP contribution in [-0.4, -0.2) is 44.9 Å². The molecule has 0 bridgehead atoms. The molecule has 1 unspecified atom stereocenters. The predicted molar refractivity (Wildman–Crippen MR) is 142 cm³/mol. The lowest BCUT2D eigenvalue weighted by Gasteiger charge is -2.37. The van der Waals surface area contributed by atoms with Crippen molar-refractivity contribution in [3.05, 3.63) is 64.9 Å². The molecule has 0 aromatic heterocycles. The van der Waals surface area contributed by atoms with Crippen LogP contribution in [0.25, 0.3) is 0 Å². The van der Waals surface area contributed by atoms with Crippen LogP contribution in [0.3, 0.4) is 0 Å². The van der Waals surface area contributed by atoms with E-state index >= 15 is 0 Å². The van der Waals surface area contributed by atoms with Gasteiger partial charge in [0, 0.05) is 34.9 Å². The molecule has 0 N–H and O–H groups in total. The average Bonchev–Trinajstić information content (AvgIpc) is 2.91. The van der Waals surface area contributed by atoms with Gasteiger partial charge in [-0.3, -0.25) is 14.6 Å². The summed E-state index contributed by atoms with van der Waals surface area (Å²) in [6.45, 7) is 5.69. The lowest BCUT2D eigenvalue weighted by Crippen LogP contribution is -2.39. The van der Waals surface area contributed by atoms with Gasteiger partial charge in [0.05, 0.1) is 27.4 Å². The first-order valence-electron chi connectivity index (χ1n) is 12.7. The average molecular weight is 506 g/mol. The monoisotopic (exact) mass is 505 g/mol. The first-order chi connectivity index (χ1) is 17.8. The molecular weight excluding hydrogens is 470 g/mol. The Bertz CT molecular complexity index is 1250. The Hall–Kier alpha value is -3.61. The Morgan fingerprint density at radius 2 is 1.70 bits per heavy atom. The van der Waals surface area contributed by atoms with Crippen molar-refractivity contribution < 1.29 is 28.5 Å². The Kier molecular flexibility index (Phi) is 8.00. The minimum Gasteiger partial charge on any atom is -0.496 e. The lowest BCUT2D eigenvalue weighted by atomic mass is 9.69. The smallest absolute Gasteiger partial charge is 0.315 e. The fourth-order valence-electron chi connectivity index (χ4n) is 5.32. The number of rotatable bonds is 8. The number of hydrogen-bond acceptors (Lipinski definition) is 7. The maximum absolute atomic E-state index is 13.9. The van der Waals surface area contributed by atoms with Crippen LogP contribution in [0, 0.1) is 5.92 Å². The Labute approximate surface area is 218 Å². The van der Waals surface area contributed by atoms with E-state index in [0.29, 0.717) is 47.8 Å². The van der Waals surface area contributed by atoms with Crippen molar-refractivity contribution in [3.8, 4) is 17.2 Å². The van der Waals surface area contributed by atoms with Gasteiger partial charge in [0.1, 0.15) is 11.7 Å². The molecule has 2 aliphatic rings. The number of ether oxygens (including phenoxy) is 4. The Morgan fingerprint density at radius 3 is 2.38 bits per heavy atom. The van der Waals surface area contributed by atoms with E-state index in [4.69, 9.17) is 23.9 Å². The second-order valence-corrected chi connectivity index (χ2v) is 9.61. The fourth-order valence-corrected chi connectivity index (χ4v) is 5.32. The Morgan fingerprint density at radius 1 is 1.00 bits per heavy atom. The number of benzene rings is 2. The van der Waals surface area contributed by atoms with Crippen LogP contribution in [0.5, 0.6) is 17.2 Å². The van der Waals surface area contributed by atoms with Gasteiger partial charge in [-0.05, 0) is 56.4 Å². The molecule has 0 fully saturated rings. The number of ketones is 1. The van der Waals surface area contributed by atoms with Crippen LogP contribution < -0.4 is 14.2 Å². The molecule has 7 heteroatoms. The van der Waals surface area contributed by atoms with Gasteiger partial charge >= 0.3 is 5.97 Å². The topological polar surface area (TPSA) is 83.4 Å². The van der Waals surface area contributed by atoms with Crippen molar-refractivity contribution in [3.63, 3.8) is 0 Å². The number of carbonyl (C=O) groups excluding carboxylic acids is 2. The van der Waals surface area contributed by atoms with Gasteiger partial charge in [-0.2, -0.15) is 0 Å². The van der Waals surface area contributed by atoms with Crippen LogP contribution >= 0.6 is 0 Å². The van der Waals surface area contributed by atoms with Crippen LogP contribution in [0.1, 0.15) is 63.0 Å². The summed E-state index contributed by atoms with van der Waals surface area (Å²) in [5.74, 6) is 0.204. The third kappa shape index (κ3) is 5.13. The van der Waals surface area contributed by atoms with Gasteiger partial charge in [-0.15, -0.1) is 0 Å². The predicted octanol–water partition coefficient (Wildman–Crippen LogP) is 5.63. The zero-order valence-corrected chi connectivity index (χ0v) is 22.4. The first kappa shape index (κ1) is 26.5. The van der Waals surface area contributed by atoms with Crippen molar-refractivity contribution >= 4 is 17.5 Å². The van der Waals surface area contributed by atoms with Gasteiger partial charge in [0.15, 0.2) is 17.3 Å². The van der Waals surface area contributed by atoms with E-state index in [1.807, 2.05) is 63.2 Å². The molecule has 1 aliphatic heterocycles. The molecule has 2 aromatic carbocycles. The van der Waals surface area contributed by atoms with E-state index in [0.717, 1.165) is 16.8 Å². The van der Waals surface area contributed by atoms with Crippen molar-refractivity contribution in [2.45, 2.75) is 58.0 Å². The van der Waals surface area contributed by atoms with Crippen LogP contribution in [0.2, 0.25) is 0 Å². The van der Waals surface area contributed by atoms with E-state index < -0.39 is 11.8 Å². The highest BCUT2D eigenvalue weighted by atomic mass is 16.5. The second kappa shape index (κ2) is 11.2. The number of carbonyl (C=O) groups is 2. The molecule has 1 aliphatic carbocycles. The quantitative estimate of drug-likeness (QED) is 0.433. The van der Waals surface area contributed by atoms with E-state index in [9.17, 15) is 9.59 Å². The van der Waals surface area contributed by atoms with Crippen LogP contribution in [0.4, 0.5) is 0 Å². The number of nitrogens with zero attached hydrogens (tertiary/aromatic N) is 1. The first-order valence-corrected chi connectivity index (χ1v) is 12.7. The molecule has 0 spiro atoms. The molecule has 0 saturated heterocycles. The summed E-state index contributed by atoms with van der Waals surface area (Å²) in [5, 5.41) is 0. The van der Waals surface area contributed by atoms with Crippen LogP contribution in [0.15, 0.2) is 58.7 Å². The molecule has 0 amide bonds. The highest BCUT2D eigenvalue weighted by Crippen LogP contribution is 2.49. The number of hydrogen-bond donors (Lipinski definition) is 0. The van der Waals surface area contributed by atoms with Gasteiger partial charge in [0.2, 0.25) is 0 Å². The fraction of sp³-hybridized carbons (Fsp3) is 0.433. The van der Waals surface area contributed by atoms with E-state index in [-0.39, 0.29) is 23.8 Å². The molecule has 196 valence electrons. The molecular formula is C30H35NO6. The number of esters is 1. The highest BCUT2D eigenvalue weighted by Gasteiger charge is 2.46. The highest BCUT2D eigenvalue weighted by molar-refractivity contribution is 6.09. The summed E-state index contributed by atoms with van der Waals surface area (Å²) in [4.78, 5) is 32.2. The number of methoxy groups -OCH3 is 3. The summed E-state index contributed by atoms with van der Waals surface area (Å²) < 4.78 is 22.3. The summed E-state index contributed by atoms with van der Waals surface area (Å²) in [5.41, 5.74) is 3.71. The third-order valence-electron chi connectivity index (χ3n) is 7.39. The van der Waals surface area contributed by atoms with Gasteiger partial charge < -0.3 is 18.9 Å². The number of para-hydroxylation sites is 1. The normalized spacial score (nSPS) is 22.1. The van der Waals surface area contributed by atoms with Crippen molar-refractivity contribution in [1.29, 1.82) is 0 Å². The molecule has 4 rings (SSSR count). The lowest BCUT2D eigenvalue weighted by molar-refractivity contribution is -0.151. The largest absolute Gasteiger partial charge is 0.496 e. The minimum atomic E-state index is -0.703. The molecule has 1 heterocycles. The zero-order valence-electron chi connectivity index (χ0n) is 22.4. The van der Waals surface area contributed by atoms with E-state index in [1.165, 1.54) is 0 Å². The SMILES string of the molecule is CC[C@@H](C)OC(=O)C1C(C)=NC2=C(C(=O)C[C@H](c3ccc(OC)c(OC)c3)C2)[C@H]1c1ccccc1OC. The van der Waals surface area contributed by atoms with E-state index in [1.54, 1.807) is 21.3 Å². The summed E-state index contributed by atoms with van der Waals surface area (Å²) in [6.07, 6.45) is 1.35. The molecule has 2 aromatic rings. The zero-order chi connectivity index (χ0) is 26.7. The maximum atomic E-state index is 13.9. The summed E-state index contributed by atoms with van der Waals surface area (Å²) in [6, 6.07) is 13.3. The Balaban J connectivity index is 1.80. The number of allylic oxidation sites excluding steroid dienone is 2. The van der Waals surface area contributed by atoms with Gasteiger partial charge in [0.25, 0.3) is 0 Å². The second-order valence-electron chi connectivity index (χ2n) is 9.61. The van der Waals surface area contributed by atoms with Gasteiger partial charge in [-0.1, -0.05) is 31.2 Å². The minimum absolute atomic E-state index is 0.0190.